The largest absolute Gasteiger partial charge is 0.468 e. The van der Waals surface area contributed by atoms with Gasteiger partial charge in [0.1, 0.15) is 5.76 Å². The van der Waals surface area contributed by atoms with Gasteiger partial charge < -0.3 is 9.52 Å². The molecule has 0 fully saturated rings. The summed E-state index contributed by atoms with van der Waals surface area (Å²) in [7, 11) is 0. The predicted octanol–water partition coefficient (Wildman–Crippen LogP) is 3.70. The quantitative estimate of drug-likeness (QED) is 0.798. The van der Waals surface area contributed by atoms with Crippen LogP contribution in [0.25, 0.3) is 0 Å². The topological polar surface area (TPSA) is 33.4 Å². The van der Waals surface area contributed by atoms with Crippen molar-refractivity contribution in [3.8, 4) is 0 Å². The van der Waals surface area contributed by atoms with E-state index in [9.17, 15) is 5.11 Å². The maximum absolute atomic E-state index is 9.84. The second-order valence-corrected chi connectivity index (χ2v) is 5.54. The minimum absolute atomic E-state index is 0.316. The van der Waals surface area contributed by atoms with E-state index in [1.165, 1.54) is 0 Å². The van der Waals surface area contributed by atoms with Gasteiger partial charge in [-0.1, -0.05) is 6.07 Å². The fourth-order valence-corrected chi connectivity index (χ4v) is 3.03. The maximum Gasteiger partial charge on any atom is 0.113 e. The Balaban J connectivity index is 1.65. The molecule has 0 spiro atoms. The Hall–Kier alpha value is -0.710. The average molecular weight is 254 g/mol. The van der Waals surface area contributed by atoms with Crippen LogP contribution in [-0.2, 0) is 5.75 Å². The van der Waals surface area contributed by atoms with Gasteiger partial charge >= 0.3 is 0 Å². The van der Waals surface area contributed by atoms with E-state index in [1.807, 2.05) is 29.6 Å². The van der Waals surface area contributed by atoms with Crippen LogP contribution in [-0.4, -0.2) is 10.9 Å². The summed E-state index contributed by atoms with van der Waals surface area (Å²) in [5.41, 5.74) is 0. The third-order valence-electron chi connectivity index (χ3n) is 2.23. The first-order chi connectivity index (χ1) is 7.86. The summed E-state index contributed by atoms with van der Waals surface area (Å²) in [4.78, 5) is 1.05. The van der Waals surface area contributed by atoms with Crippen LogP contribution < -0.4 is 0 Å². The summed E-state index contributed by atoms with van der Waals surface area (Å²) in [6, 6.07) is 7.82. The Morgan fingerprint density at radius 3 is 3.00 bits per heavy atom. The van der Waals surface area contributed by atoms with Crippen LogP contribution in [0.2, 0.25) is 0 Å². The lowest BCUT2D eigenvalue weighted by atomic mass is 10.2. The van der Waals surface area contributed by atoms with Crippen molar-refractivity contribution in [2.24, 2.45) is 0 Å². The molecule has 0 aliphatic heterocycles. The molecule has 0 aliphatic carbocycles. The second-order valence-electron chi connectivity index (χ2n) is 3.45. The highest BCUT2D eigenvalue weighted by Gasteiger charge is 2.07. The van der Waals surface area contributed by atoms with Gasteiger partial charge in [-0.15, -0.1) is 11.3 Å². The molecule has 0 saturated carbocycles. The third kappa shape index (κ3) is 3.40. The number of hydrogen-bond acceptors (Lipinski definition) is 4. The molecule has 1 N–H and O–H groups in total. The van der Waals surface area contributed by atoms with Crippen LogP contribution in [0, 0.1) is 0 Å². The van der Waals surface area contributed by atoms with Gasteiger partial charge in [-0.25, -0.2) is 0 Å². The van der Waals surface area contributed by atoms with Gasteiger partial charge in [-0.2, -0.15) is 11.8 Å². The van der Waals surface area contributed by atoms with E-state index in [0.717, 1.165) is 28.6 Å². The second kappa shape index (κ2) is 6.13. The number of rotatable bonds is 6. The van der Waals surface area contributed by atoms with Crippen LogP contribution >= 0.6 is 23.1 Å². The van der Waals surface area contributed by atoms with Crippen molar-refractivity contribution in [1.82, 2.24) is 0 Å². The predicted molar refractivity (Wildman–Crippen MR) is 68.8 cm³/mol. The molecule has 1 unspecified atom stereocenters. The first-order valence-corrected chi connectivity index (χ1v) is 7.21. The Labute approximate surface area is 103 Å². The summed E-state index contributed by atoms with van der Waals surface area (Å²) in [5, 5.41) is 11.8. The number of hydrogen-bond donors (Lipinski definition) is 1. The molecular formula is C12H14O2S2. The first kappa shape index (κ1) is 11.8. The van der Waals surface area contributed by atoms with Crippen LogP contribution in [0.3, 0.4) is 0 Å². The third-order valence-corrected chi connectivity index (χ3v) is 4.22. The lowest BCUT2D eigenvalue weighted by Crippen LogP contribution is -1.96. The van der Waals surface area contributed by atoms with Gasteiger partial charge in [0, 0.05) is 4.88 Å². The number of aliphatic hydroxyl groups excluding tert-OH is 1. The van der Waals surface area contributed by atoms with E-state index in [4.69, 9.17) is 4.42 Å². The maximum atomic E-state index is 9.84. The Bertz CT molecular complexity index is 381. The zero-order valence-corrected chi connectivity index (χ0v) is 10.5. The minimum Gasteiger partial charge on any atom is -0.468 e. The molecule has 2 aromatic heterocycles. The molecule has 0 aromatic carbocycles. The molecule has 16 heavy (non-hydrogen) atoms. The summed E-state index contributed by atoms with van der Waals surface area (Å²) in [6.45, 7) is 0. The molecule has 4 heteroatoms. The van der Waals surface area contributed by atoms with Crippen LogP contribution in [0.15, 0.2) is 40.3 Å². The number of thioether (sulfide) groups is 1. The van der Waals surface area contributed by atoms with Crippen LogP contribution in [0.5, 0.6) is 0 Å². The summed E-state index contributed by atoms with van der Waals surface area (Å²) < 4.78 is 5.23. The van der Waals surface area contributed by atoms with Crippen LogP contribution in [0.1, 0.15) is 23.2 Å². The summed E-state index contributed by atoms with van der Waals surface area (Å²) in [5.74, 6) is 2.82. The van der Waals surface area contributed by atoms with Gasteiger partial charge in [0.2, 0.25) is 0 Å². The molecule has 2 aromatic rings. The molecule has 0 radical (unpaired) electrons. The van der Waals surface area contributed by atoms with Crippen molar-refractivity contribution < 1.29 is 9.52 Å². The zero-order chi connectivity index (χ0) is 11.2. The fraction of sp³-hybridized carbons (Fsp3) is 0.333. The van der Waals surface area contributed by atoms with E-state index in [1.54, 1.807) is 29.4 Å². The molecule has 0 bridgehead atoms. The monoisotopic (exact) mass is 254 g/mol. The van der Waals surface area contributed by atoms with E-state index >= 15 is 0 Å². The Morgan fingerprint density at radius 2 is 2.31 bits per heavy atom. The standard InChI is InChI=1S/C12H14O2S2/c13-11(12-4-2-7-16-12)5-8-15-9-10-3-1-6-14-10/h1-4,6-7,11,13H,5,8-9H2. The molecule has 86 valence electrons. The van der Waals surface area contributed by atoms with Crippen molar-refractivity contribution in [1.29, 1.82) is 0 Å². The lowest BCUT2D eigenvalue weighted by Gasteiger charge is -2.07. The molecule has 2 rings (SSSR count). The zero-order valence-electron chi connectivity index (χ0n) is 8.83. The van der Waals surface area contributed by atoms with E-state index in [-0.39, 0.29) is 6.10 Å². The van der Waals surface area contributed by atoms with Crippen molar-refractivity contribution in [3.05, 3.63) is 46.5 Å². The van der Waals surface area contributed by atoms with Crippen molar-refractivity contribution >= 4 is 23.1 Å². The van der Waals surface area contributed by atoms with Crippen molar-refractivity contribution in [2.75, 3.05) is 5.75 Å². The average Bonchev–Trinajstić information content (AvgIpc) is 2.96. The fourth-order valence-electron chi connectivity index (χ4n) is 1.39. The van der Waals surface area contributed by atoms with Gasteiger partial charge in [0.25, 0.3) is 0 Å². The van der Waals surface area contributed by atoms with Crippen LogP contribution in [0.4, 0.5) is 0 Å². The normalized spacial score (nSPS) is 12.8. The molecule has 2 heterocycles. The molecule has 0 amide bonds. The van der Waals surface area contributed by atoms with Crippen molar-refractivity contribution in [2.45, 2.75) is 18.3 Å². The molecule has 2 nitrogen and oxygen atoms in total. The number of aliphatic hydroxyl groups is 1. The molecule has 0 aliphatic rings. The number of thiophene rings is 1. The minimum atomic E-state index is -0.316. The first-order valence-electron chi connectivity index (χ1n) is 5.18. The highest BCUT2D eigenvalue weighted by atomic mass is 32.2. The van der Waals surface area contributed by atoms with Gasteiger partial charge in [-0.3, -0.25) is 0 Å². The summed E-state index contributed by atoms with van der Waals surface area (Å²) >= 11 is 3.40. The van der Waals surface area contributed by atoms with Gasteiger partial charge in [0.05, 0.1) is 18.1 Å². The Morgan fingerprint density at radius 1 is 1.38 bits per heavy atom. The highest BCUT2D eigenvalue weighted by Crippen LogP contribution is 2.24. The lowest BCUT2D eigenvalue weighted by molar-refractivity contribution is 0.179. The molecule has 1 atom stereocenters. The van der Waals surface area contributed by atoms with E-state index in [2.05, 4.69) is 0 Å². The Kier molecular flexibility index (Phi) is 4.51. The SMILES string of the molecule is OC(CCSCc1ccco1)c1cccs1. The van der Waals surface area contributed by atoms with E-state index < -0.39 is 0 Å². The van der Waals surface area contributed by atoms with Crippen molar-refractivity contribution in [3.63, 3.8) is 0 Å². The number of furan rings is 1. The molecular weight excluding hydrogens is 240 g/mol. The highest BCUT2D eigenvalue weighted by molar-refractivity contribution is 7.98. The molecule has 0 saturated heterocycles. The smallest absolute Gasteiger partial charge is 0.113 e. The summed E-state index contributed by atoms with van der Waals surface area (Å²) in [6.07, 6.45) is 2.17. The van der Waals surface area contributed by atoms with E-state index in [0.29, 0.717) is 0 Å². The van der Waals surface area contributed by atoms with Gasteiger partial charge in [0.15, 0.2) is 0 Å². The van der Waals surface area contributed by atoms with Gasteiger partial charge in [-0.05, 0) is 35.8 Å².